The van der Waals surface area contributed by atoms with Crippen LogP contribution < -0.4 is 10.2 Å². The molecule has 24 heavy (non-hydrogen) atoms. The van der Waals surface area contributed by atoms with Gasteiger partial charge < -0.3 is 19.7 Å². The molecule has 0 spiro atoms. The van der Waals surface area contributed by atoms with Gasteiger partial charge in [-0.2, -0.15) is 13.2 Å². The van der Waals surface area contributed by atoms with Crippen molar-refractivity contribution in [1.82, 2.24) is 10.3 Å². The summed E-state index contributed by atoms with van der Waals surface area (Å²) in [5, 5.41) is 2.53. The molecule has 6 nitrogen and oxygen atoms in total. The zero-order chi connectivity index (χ0) is 17.6. The number of pyridine rings is 1. The molecule has 1 atom stereocenters. The number of carbonyl (C=O) groups is 1. The van der Waals surface area contributed by atoms with Crippen molar-refractivity contribution in [3.63, 3.8) is 0 Å². The van der Waals surface area contributed by atoms with Crippen molar-refractivity contribution in [2.75, 3.05) is 37.8 Å². The molecule has 0 saturated carbocycles. The minimum atomic E-state index is -4.45. The summed E-state index contributed by atoms with van der Waals surface area (Å²) in [7, 11) is 0. The van der Waals surface area contributed by atoms with Gasteiger partial charge in [-0.1, -0.05) is 6.07 Å². The third-order valence-corrected chi connectivity index (χ3v) is 3.48. The monoisotopic (exact) mass is 347 g/mol. The number of alkyl halides is 3. The number of nitrogens with one attached hydrogen (secondary N) is 1. The summed E-state index contributed by atoms with van der Waals surface area (Å²) in [5.74, 6) is 0.228. The van der Waals surface area contributed by atoms with Crippen LogP contribution in [0.2, 0.25) is 0 Å². The van der Waals surface area contributed by atoms with Gasteiger partial charge in [0.25, 0.3) is 0 Å². The number of morpholine rings is 1. The van der Waals surface area contributed by atoms with Gasteiger partial charge in [-0.3, -0.25) is 4.79 Å². The average molecular weight is 347 g/mol. The molecule has 1 amide bonds. The number of ether oxygens (including phenoxy) is 2. The number of nitrogens with zero attached hydrogens (tertiary/aromatic N) is 2. The molecular formula is C15H20F3N3O3. The first-order valence-electron chi connectivity index (χ1n) is 7.59. The first kappa shape index (κ1) is 18.5. The Morgan fingerprint density at radius 3 is 2.71 bits per heavy atom. The topological polar surface area (TPSA) is 63.7 Å². The van der Waals surface area contributed by atoms with E-state index in [4.69, 9.17) is 4.74 Å². The largest absolute Gasteiger partial charge is 0.411 e. The van der Waals surface area contributed by atoms with E-state index < -0.39 is 24.8 Å². The zero-order valence-corrected chi connectivity index (χ0v) is 13.3. The minimum absolute atomic E-state index is 0.176. The Hall–Kier alpha value is -1.87. The molecule has 0 bridgehead atoms. The van der Waals surface area contributed by atoms with E-state index in [1.165, 1.54) is 6.92 Å². The summed E-state index contributed by atoms with van der Waals surface area (Å²) in [5.41, 5.74) is 0.753. The molecule has 1 saturated heterocycles. The highest BCUT2D eigenvalue weighted by Crippen LogP contribution is 2.16. The van der Waals surface area contributed by atoms with Crippen molar-refractivity contribution in [1.29, 1.82) is 0 Å². The Morgan fingerprint density at radius 1 is 1.42 bits per heavy atom. The number of carbonyl (C=O) groups excluding carboxylic acids is 1. The van der Waals surface area contributed by atoms with E-state index in [-0.39, 0.29) is 6.54 Å². The lowest BCUT2D eigenvalue weighted by Crippen LogP contribution is -2.37. The second-order valence-corrected chi connectivity index (χ2v) is 5.41. The van der Waals surface area contributed by atoms with Crippen molar-refractivity contribution in [3.05, 3.63) is 23.9 Å². The van der Waals surface area contributed by atoms with Gasteiger partial charge in [0, 0.05) is 25.8 Å². The third-order valence-electron chi connectivity index (χ3n) is 3.48. The standard InChI is InChI=1S/C15H20F3N3O3/c1-11(24-10-15(16,17)18)14(22)20-9-12-2-3-13(19-8-12)21-4-6-23-7-5-21/h2-3,8,11H,4-7,9-10H2,1H3,(H,20,22)/t11-/m0/s1. The number of rotatable bonds is 6. The van der Waals surface area contributed by atoms with E-state index in [9.17, 15) is 18.0 Å². The fourth-order valence-corrected chi connectivity index (χ4v) is 2.13. The van der Waals surface area contributed by atoms with Crippen LogP contribution in [0.4, 0.5) is 19.0 Å². The van der Waals surface area contributed by atoms with Crippen LogP contribution in [0.3, 0.4) is 0 Å². The van der Waals surface area contributed by atoms with Crippen molar-refractivity contribution in [2.45, 2.75) is 25.7 Å². The Morgan fingerprint density at radius 2 is 2.12 bits per heavy atom. The lowest BCUT2D eigenvalue weighted by molar-refractivity contribution is -0.185. The van der Waals surface area contributed by atoms with E-state index in [0.29, 0.717) is 13.2 Å². The van der Waals surface area contributed by atoms with E-state index >= 15 is 0 Å². The van der Waals surface area contributed by atoms with Crippen molar-refractivity contribution < 1.29 is 27.4 Å². The fraction of sp³-hybridized carbons (Fsp3) is 0.600. The molecule has 0 aromatic carbocycles. The van der Waals surface area contributed by atoms with Gasteiger partial charge >= 0.3 is 6.18 Å². The van der Waals surface area contributed by atoms with Crippen LogP contribution in [-0.4, -0.2) is 56.1 Å². The first-order chi connectivity index (χ1) is 11.3. The van der Waals surface area contributed by atoms with Crippen LogP contribution in [0.1, 0.15) is 12.5 Å². The predicted molar refractivity (Wildman–Crippen MR) is 80.6 cm³/mol. The quantitative estimate of drug-likeness (QED) is 0.845. The molecule has 134 valence electrons. The molecule has 0 unspecified atom stereocenters. The fourth-order valence-electron chi connectivity index (χ4n) is 2.13. The highest BCUT2D eigenvalue weighted by Gasteiger charge is 2.29. The van der Waals surface area contributed by atoms with Gasteiger partial charge in [-0.05, 0) is 18.6 Å². The second kappa shape index (κ2) is 8.29. The van der Waals surface area contributed by atoms with E-state index in [1.807, 2.05) is 12.1 Å². The second-order valence-electron chi connectivity index (χ2n) is 5.41. The van der Waals surface area contributed by atoms with Crippen LogP contribution in [0.5, 0.6) is 0 Å². The van der Waals surface area contributed by atoms with Crippen molar-refractivity contribution >= 4 is 11.7 Å². The zero-order valence-electron chi connectivity index (χ0n) is 13.3. The SMILES string of the molecule is C[C@H](OCC(F)(F)F)C(=O)NCc1ccc(N2CCOCC2)nc1. The maximum atomic E-state index is 12.0. The summed E-state index contributed by atoms with van der Waals surface area (Å²) < 4.78 is 45.9. The molecule has 2 rings (SSSR count). The molecule has 0 radical (unpaired) electrons. The molecule has 0 aliphatic carbocycles. The van der Waals surface area contributed by atoms with Crippen molar-refractivity contribution in [2.24, 2.45) is 0 Å². The number of hydrogen-bond acceptors (Lipinski definition) is 5. The molecule has 1 N–H and O–H groups in total. The van der Waals surface area contributed by atoms with Crippen LogP contribution in [0.15, 0.2) is 18.3 Å². The van der Waals surface area contributed by atoms with Gasteiger partial charge in [0.15, 0.2) is 0 Å². The van der Waals surface area contributed by atoms with E-state index in [1.54, 1.807) is 6.20 Å². The number of aromatic nitrogens is 1. The number of anilines is 1. The Kier molecular flexibility index (Phi) is 6.38. The average Bonchev–Trinajstić information content (AvgIpc) is 2.58. The van der Waals surface area contributed by atoms with Crippen LogP contribution >= 0.6 is 0 Å². The summed E-state index contributed by atoms with van der Waals surface area (Å²) >= 11 is 0. The highest BCUT2D eigenvalue weighted by molar-refractivity contribution is 5.80. The number of halogens is 3. The maximum Gasteiger partial charge on any atom is 0.411 e. The Balaban J connectivity index is 1.78. The van der Waals surface area contributed by atoms with Gasteiger partial charge in [0.2, 0.25) is 5.91 Å². The number of hydrogen-bond donors (Lipinski definition) is 1. The third kappa shape index (κ3) is 5.97. The molecule has 1 aromatic rings. The van der Waals surface area contributed by atoms with Crippen LogP contribution in [-0.2, 0) is 20.8 Å². The van der Waals surface area contributed by atoms with Gasteiger partial charge in [-0.25, -0.2) is 4.98 Å². The summed E-state index contributed by atoms with van der Waals surface area (Å²) in [6.07, 6.45) is -3.99. The predicted octanol–water partition coefficient (Wildman–Crippen LogP) is 1.50. The Labute approximate surface area is 137 Å². The van der Waals surface area contributed by atoms with Gasteiger partial charge in [-0.15, -0.1) is 0 Å². The molecule has 2 heterocycles. The lowest BCUT2D eigenvalue weighted by atomic mass is 10.2. The lowest BCUT2D eigenvalue weighted by Gasteiger charge is -2.27. The smallest absolute Gasteiger partial charge is 0.378 e. The van der Waals surface area contributed by atoms with Gasteiger partial charge in [0.1, 0.15) is 18.5 Å². The Bertz CT molecular complexity index is 531. The van der Waals surface area contributed by atoms with E-state index in [0.717, 1.165) is 24.5 Å². The van der Waals surface area contributed by atoms with Crippen LogP contribution in [0.25, 0.3) is 0 Å². The first-order valence-corrected chi connectivity index (χ1v) is 7.59. The van der Waals surface area contributed by atoms with E-state index in [2.05, 4.69) is 19.9 Å². The summed E-state index contributed by atoms with van der Waals surface area (Å²) in [6, 6.07) is 3.66. The normalized spacial score (nSPS) is 16.8. The molecule has 1 fully saturated rings. The van der Waals surface area contributed by atoms with Crippen LogP contribution in [0, 0.1) is 0 Å². The molecule has 9 heteroatoms. The minimum Gasteiger partial charge on any atom is -0.378 e. The van der Waals surface area contributed by atoms with Crippen molar-refractivity contribution in [3.8, 4) is 0 Å². The highest BCUT2D eigenvalue weighted by atomic mass is 19.4. The molecular weight excluding hydrogens is 327 g/mol. The number of amides is 1. The summed E-state index contributed by atoms with van der Waals surface area (Å²) in [4.78, 5) is 18.1. The molecule has 1 aliphatic rings. The summed E-state index contributed by atoms with van der Waals surface area (Å²) in [6.45, 7) is 2.88. The molecule has 1 aliphatic heterocycles. The molecule has 1 aromatic heterocycles. The van der Waals surface area contributed by atoms with Gasteiger partial charge in [0.05, 0.1) is 13.2 Å². The maximum absolute atomic E-state index is 12.0.